The van der Waals surface area contributed by atoms with Crippen molar-refractivity contribution in [1.82, 2.24) is 10.2 Å². The molecule has 1 aromatic heterocycles. The highest BCUT2D eigenvalue weighted by Gasteiger charge is 2.34. The van der Waals surface area contributed by atoms with Crippen LogP contribution in [0.4, 0.5) is 10.5 Å². The van der Waals surface area contributed by atoms with Crippen molar-refractivity contribution in [3.8, 4) is 18.9 Å². The number of thiophene rings is 1. The first kappa shape index (κ1) is 29.3. The van der Waals surface area contributed by atoms with Crippen LogP contribution in [0.5, 0.6) is 0 Å². The van der Waals surface area contributed by atoms with Crippen molar-refractivity contribution < 1.29 is 9.59 Å². The number of aryl methyl sites for hydroxylation is 2. The summed E-state index contributed by atoms with van der Waals surface area (Å²) >= 11 is 1.68. The molecule has 0 unspecified atom stereocenters. The molecule has 1 N–H and O–H groups in total. The molecular weight excluding hydrogens is 480 g/mol. The van der Waals surface area contributed by atoms with Gasteiger partial charge in [-0.2, -0.15) is 5.26 Å². The highest BCUT2D eigenvalue weighted by Crippen LogP contribution is 2.30. The number of rotatable bonds is 8. The van der Waals surface area contributed by atoms with Gasteiger partial charge in [-0.05, 0) is 66.2 Å². The van der Waals surface area contributed by atoms with E-state index in [1.165, 1.54) is 14.7 Å². The first-order valence-corrected chi connectivity index (χ1v) is 12.8. The van der Waals surface area contributed by atoms with Crippen LogP contribution in [0, 0.1) is 43.9 Å². The van der Waals surface area contributed by atoms with E-state index in [1.807, 2.05) is 62.5 Å². The number of anilines is 1. The summed E-state index contributed by atoms with van der Waals surface area (Å²) in [6.07, 6.45) is 8.00. The lowest BCUT2D eigenvalue weighted by Gasteiger charge is -2.31. The van der Waals surface area contributed by atoms with Gasteiger partial charge in [0.2, 0.25) is 5.91 Å². The lowest BCUT2D eigenvalue weighted by Crippen LogP contribution is -2.47. The number of carbonyl (C=O) groups excluding carboxylic acids is 2. The summed E-state index contributed by atoms with van der Waals surface area (Å²) in [6, 6.07) is 18.9. The Morgan fingerprint density at radius 2 is 1.68 bits per heavy atom. The largest absolute Gasteiger partial charge is 0.330 e. The van der Waals surface area contributed by atoms with Crippen LogP contribution in [-0.2, 0) is 11.3 Å². The van der Waals surface area contributed by atoms with Gasteiger partial charge in [-0.15, -0.1) is 24.2 Å². The van der Waals surface area contributed by atoms with E-state index in [9.17, 15) is 14.9 Å². The molecule has 1 heterocycles. The minimum atomic E-state index is -0.497. The number of hydrogen-bond acceptors (Lipinski definition) is 5. The molecule has 2 atom stereocenters. The van der Waals surface area contributed by atoms with Gasteiger partial charge in [-0.25, -0.2) is 9.69 Å². The smallest absolute Gasteiger partial charge is 0.330 e. The minimum absolute atomic E-state index is 0.196. The third kappa shape index (κ3) is 7.79. The van der Waals surface area contributed by atoms with Gasteiger partial charge in [0.15, 0.2) is 0 Å². The molecule has 0 bridgehead atoms. The molecule has 2 aromatic carbocycles. The van der Waals surface area contributed by atoms with Crippen LogP contribution >= 0.6 is 11.3 Å². The Balaban J connectivity index is 0.00000235. The van der Waals surface area contributed by atoms with Crippen LogP contribution in [-0.4, -0.2) is 37.5 Å². The summed E-state index contributed by atoms with van der Waals surface area (Å²) in [4.78, 5) is 31.1. The lowest BCUT2D eigenvalue weighted by atomic mass is 9.85. The molecular formula is C30H34N4O2S. The maximum Gasteiger partial charge on any atom is 0.330 e. The Kier molecular flexibility index (Phi) is 11.1. The molecule has 192 valence electrons. The third-order valence-electron chi connectivity index (χ3n) is 5.96. The Morgan fingerprint density at radius 3 is 2.19 bits per heavy atom. The highest BCUT2D eigenvalue weighted by atomic mass is 32.1. The molecule has 0 saturated carbocycles. The molecule has 3 amide bonds. The summed E-state index contributed by atoms with van der Waals surface area (Å²) in [5, 5.41) is 14.7. The average molecular weight is 515 g/mol. The summed E-state index contributed by atoms with van der Waals surface area (Å²) in [5.41, 5.74) is 4.05. The fourth-order valence-corrected chi connectivity index (χ4v) is 4.81. The quantitative estimate of drug-likeness (QED) is 0.391. The first-order chi connectivity index (χ1) is 17.7. The number of terminal acetylenes is 1. The van der Waals surface area contributed by atoms with E-state index >= 15 is 0 Å². The monoisotopic (exact) mass is 514 g/mol. The number of amides is 3. The second-order valence-electron chi connectivity index (χ2n) is 9.04. The average Bonchev–Trinajstić information content (AvgIpc) is 3.40. The lowest BCUT2D eigenvalue weighted by molar-refractivity contribution is -0.121. The normalized spacial score (nSPS) is 11.8. The zero-order chi connectivity index (χ0) is 27.5. The number of carbonyl (C=O) groups is 2. The van der Waals surface area contributed by atoms with E-state index < -0.39 is 5.92 Å². The van der Waals surface area contributed by atoms with E-state index in [-0.39, 0.29) is 17.9 Å². The molecule has 7 heteroatoms. The molecule has 3 rings (SSSR count). The number of nitriles is 1. The maximum absolute atomic E-state index is 13.9. The van der Waals surface area contributed by atoms with E-state index in [4.69, 9.17) is 0 Å². The Hall–Kier alpha value is -3.91. The van der Waals surface area contributed by atoms with E-state index in [0.717, 1.165) is 16.7 Å². The zero-order valence-electron chi connectivity index (χ0n) is 22.1. The predicted octanol–water partition coefficient (Wildman–Crippen LogP) is 5.71. The third-order valence-corrected chi connectivity index (χ3v) is 6.84. The molecule has 0 aliphatic rings. The molecule has 0 saturated heterocycles. The molecule has 0 spiro atoms. The molecule has 0 radical (unpaired) electrons. The Morgan fingerprint density at radius 1 is 1.05 bits per heavy atom. The number of nitrogens with one attached hydrogen (secondary N) is 1. The molecule has 0 fully saturated rings. The van der Waals surface area contributed by atoms with E-state index in [2.05, 4.69) is 30.3 Å². The topological polar surface area (TPSA) is 76.4 Å². The van der Waals surface area contributed by atoms with Crippen molar-refractivity contribution in [2.45, 2.75) is 33.2 Å². The SMILES string of the molecule is C#C.Cc1cc(C)cc(N(C(=O)[C@@H](C)[C@@H](CNCc2cccs2)c2ccc(C#N)cc2)C(=O)N(C)C)c1. The van der Waals surface area contributed by atoms with Crippen molar-refractivity contribution in [3.05, 3.63) is 87.1 Å². The summed E-state index contributed by atoms with van der Waals surface area (Å²) in [7, 11) is 3.30. The van der Waals surface area contributed by atoms with Crippen molar-refractivity contribution in [2.75, 3.05) is 25.5 Å². The van der Waals surface area contributed by atoms with Gasteiger partial charge >= 0.3 is 6.03 Å². The predicted molar refractivity (Wildman–Crippen MR) is 151 cm³/mol. The number of urea groups is 1. The summed E-state index contributed by atoms with van der Waals surface area (Å²) < 4.78 is 0. The van der Waals surface area contributed by atoms with Crippen LogP contribution in [0.1, 0.15) is 40.0 Å². The van der Waals surface area contributed by atoms with Crippen LogP contribution in [0.3, 0.4) is 0 Å². The zero-order valence-corrected chi connectivity index (χ0v) is 22.9. The van der Waals surface area contributed by atoms with Crippen molar-refractivity contribution in [2.24, 2.45) is 5.92 Å². The Labute approximate surface area is 224 Å². The van der Waals surface area contributed by atoms with Crippen molar-refractivity contribution in [1.29, 1.82) is 5.26 Å². The number of benzene rings is 2. The molecule has 37 heavy (non-hydrogen) atoms. The molecule has 6 nitrogen and oxygen atoms in total. The van der Waals surface area contributed by atoms with Crippen LogP contribution in [0.15, 0.2) is 60.0 Å². The fourth-order valence-electron chi connectivity index (χ4n) is 4.14. The van der Waals surface area contributed by atoms with Gasteiger partial charge in [-0.1, -0.05) is 31.2 Å². The Bertz CT molecular complexity index is 1220. The van der Waals surface area contributed by atoms with Gasteiger partial charge in [0.05, 0.1) is 17.3 Å². The van der Waals surface area contributed by atoms with Gasteiger partial charge in [-0.3, -0.25) is 4.79 Å². The molecule has 0 aliphatic heterocycles. The van der Waals surface area contributed by atoms with Crippen molar-refractivity contribution >= 4 is 29.0 Å². The summed E-state index contributed by atoms with van der Waals surface area (Å²) in [6.45, 7) is 7.03. The van der Waals surface area contributed by atoms with Crippen molar-refractivity contribution in [3.63, 3.8) is 0 Å². The van der Waals surface area contributed by atoms with Gasteiger partial charge in [0.1, 0.15) is 0 Å². The van der Waals surface area contributed by atoms with Crippen LogP contribution < -0.4 is 10.2 Å². The van der Waals surface area contributed by atoms with Gasteiger partial charge < -0.3 is 10.2 Å². The molecule has 3 aromatic rings. The molecule has 0 aliphatic carbocycles. The maximum atomic E-state index is 13.9. The first-order valence-electron chi connectivity index (χ1n) is 11.9. The number of hydrogen-bond donors (Lipinski definition) is 1. The van der Waals surface area contributed by atoms with E-state index in [1.54, 1.807) is 37.6 Å². The number of nitrogens with zero attached hydrogens (tertiary/aromatic N) is 3. The van der Waals surface area contributed by atoms with Crippen LogP contribution in [0.25, 0.3) is 0 Å². The van der Waals surface area contributed by atoms with E-state index in [0.29, 0.717) is 24.3 Å². The summed E-state index contributed by atoms with van der Waals surface area (Å²) in [5.74, 6) is -0.956. The number of imide groups is 1. The van der Waals surface area contributed by atoms with Gasteiger partial charge in [0, 0.05) is 43.9 Å². The highest BCUT2D eigenvalue weighted by molar-refractivity contribution is 7.09. The fraction of sp³-hybridized carbons (Fsp3) is 0.300. The second-order valence-corrected chi connectivity index (χ2v) is 10.1. The van der Waals surface area contributed by atoms with Crippen LogP contribution in [0.2, 0.25) is 0 Å². The van der Waals surface area contributed by atoms with Gasteiger partial charge in [0.25, 0.3) is 0 Å². The second kappa shape index (κ2) is 14.0. The standard InChI is InChI=1S/C28H32N4O2S.C2H2/c1-19-13-20(2)15-24(14-19)32(28(34)31(4)5)27(33)21(3)26(18-30-17-25-7-6-12-35-25)23-10-8-22(16-29)9-11-23;1-2/h6-15,21,26,30H,17-18H2,1-5H3;1-2H/t21-,26+;/m0./s1. The minimum Gasteiger partial charge on any atom is -0.330 e.